The molecule has 0 aromatic carbocycles. The Labute approximate surface area is 76.9 Å². The molecule has 1 fully saturated rings. The van der Waals surface area contributed by atoms with Crippen molar-refractivity contribution in [1.29, 1.82) is 0 Å². The Morgan fingerprint density at radius 2 is 2.08 bits per heavy atom. The number of aliphatic hydroxyl groups is 1. The van der Waals surface area contributed by atoms with E-state index in [0.717, 1.165) is 0 Å². The van der Waals surface area contributed by atoms with Crippen molar-refractivity contribution in [3.8, 4) is 0 Å². The number of piperazine rings is 1. The predicted octanol–water partition coefficient (Wildman–Crippen LogP) is -1.33. The Balaban J connectivity index is 2.75. The lowest BCUT2D eigenvalue weighted by Crippen LogP contribution is -2.57. The van der Waals surface area contributed by atoms with Crippen molar-refractivity contribution in [3.05, 3.63) is 0 Å². The number of hydrogen-bond acceptors (Lipinski definition) is 3. The van der Waals surface area contributed by atoms with Gasteiger partial charge in [-0.15, -0.1) is 0 Å². The van der Waals surface area contributed by atoms with Crippen molar-refractivity contribution < 1.29 is 14.7 Å². The smallest absolute Gasteiger partial charge is 0.245 e. The molecule has 0 radical (unpaired) electrons. The number of nitrogens with zero attached hydrogens (tertiary/aromatic N) is 2. The Morgan fingerprint density at radius 1 is 1.46 bits per heavy atom. The third-order valence-electron chi connectivity index (χ3n) is 2.30. The highest BCUT2D eigenvalue weighted by molar-refractivity contribution is 5.94. The highest BCUT2D eigenvalue weighted by Gasteiger charge is 2.34. The van der Waals surface area contributed by atoms with Crippen LogP contribution in [0.1, 0.15) is 6.42 Å². The van der Waals surface area contributed by atoms with E-state index < -0.39 is 6.04 Å². The van der Waals surface area contributed by atoms with Crippen LogP contribution in [0.5, 0.6) is 0 Å². The summed E-state index contributed by atoms with van der Waals surface area (Å²) >= 11 is 0. The van der Waals surface area contributed by atoms with E-state index in [-0.39, 0.29) is 25.0 Å². The Bertz CT molecular complexity index is 229. The van der Waals surface area contributed by atoms with Crippen LogP contribution in [-0.4, -0.2) is 60.0 Å². The van der Waals surface area contributed by atoms with Crippen LogP contribution in [0, 0.1) is 0 Å². The number of rotatable bonds is 2. The summed E-state index contributed by atoms with van der Waals surface area (Å²) in [6.45, 7) is 0.0547. The molecule has 1 atom stereocenters. The van der Waals surface area contributed by atoms with Crippen LogP contribution in [0.25, 0.3) is 0 Å². The summed E-state index contributed by atoms with van der Waals surface area (Å²) < 4.78 is 0. The van der Waals surface area contributed by atoms with Gasteiger partial charge in [-0.1, -0.05) is 0 Å². The van der Waals surface area contributed by atoms with Gasteiger partial charge in [-0.05, 0) is 6.42 Å². The molecule has 0 bridgehead atoms. The molecule has 0 aromatic rings. The second-order valence-corrected chi connectivity index (χ2v) is 3.23. The third kappa shape index (κ3) is 1.80. The molecule has 1 N–H and O–H groups in total. The van der Waals surface area contributed by atoms with Gasteiger partial charge in [-0.3, -0.25) is 9.59 Å². The summed E-state index contributed by atoms with van der Waals surface area (Å²) in [5, 5.41) is 8.72. The average Bonchev–Trinajstić information content (AvgIpc) is 2.09. The van der Waals surface area contributed by atoms with Gasteiger partial charge in [-0.25, -0.2) is 0 Å². The first kappa shape index (κ1) is 9.98. The van der Waals surface area contributed by atoms with Gasteiger partial charge in [-0.2, -0.15) is 0 Å². The van der Waals surface area contributed by atoms with Gasteiger partial charge in [0.25, 0.3) is 0 Å². The Morgan fingerprint density at radius 3 is 2.62 bits per heavy atom. The van der Waals surface area contributed by atoms with Crippen molar-refractivity contribution >= 4 is 11.8 Å². The minimum Gasteiger partial charge on any atom is -0.396 e. The maximum Gasteiger partial charge on any atom is 0.245 e. The number of carbonyl (C=O) groups excluding carboxylic acids is 2. The van der Waals surface area contributed by atoms with Gasteiger partial charge in [0.1, 0.15) is 6.04 Å². The molecular weight excluding hydrogens is 172 g/mol. The zero-order valence-corrected chi connectivity index (χ0v) is 7.86. The fourth-order valence-electron chi connectivity index (χ4n) is 1.43. The molecule has 0 saturated carbocycles. The largest absolute Gasteiger partial charge is 0.396 e. The van der Waals surface area contributed by atoms with Crippen LogP contribution < -0.4 is 0 Å². The first-order chi connectivity index (χ1) is 6.07. The van der Waals surface area contributed by atoms with Crippen LogP contribution >= 0.6 is 0 Å². The molecule has 0 spiro atoms. The van der Waals surface area contributed by atoms with E-state index in [2.05, 4.69) is 0 Å². The number of aliphatic hydroxyl groups excluding tert-OH is 1. The van der Waals surface area contributed by atoms with Crippen LogP contribution in [0.2, 0.25) is 0 Å². The number of hydrogen-bond donors (Lipinski definition) is 1. The summed E-state index contributed by atoms with van der Waals surface area (Å²) in [5.41, 5.74) is 0. The maximum absolute atomic E-state index is 11.5. The molecule has 5 heteroatoms. The van der Waals surface area contributed by atoms with E-state index in [4.69, 9.17) is 5.11 Å². The summed E-state index contributed by atoms with van der Waals surface area (Å²) in [6, 6.07) is -0.490. The lowest BCUT2D eigenvalue weighted by atomic mass is 10.1. The van der Waals surface area contributed by atoms with Crippen LogP contribution in [0.4, 0.5) is 0 Å². The second kappa shape index (κ2) is 3.74. The van der Waals surface area contributed by atoms with Crippen molar-refractivity contribution in [3.63, 3.8) is 0 Å². The molecule has 1 rings (SSSR count). The predicted molar refractivity (Wildman–Crippen MR) is 45.9 cm³/mol. The zero-order valence-electron chi connectivity index (χ0n) is 7.86. The first-order valence-electron chi connectivity index (χ1n) is 4.19. The topological polar surface area (TPSA) is 60.9 Å². The molecule has 1 saturated heterocycles. The normalized spacial score (nSPS) is 24.1. The third-order valence-corrected chi connectivity index (χ3v) is 2.30. The van der Waals surface area contributed by atoms with Crippen molar-refractivity contribution in [2.45, 2.75) is 12.5 Å². The molecule has 1 aliphatic heterocycles. The van der Waals surface area contributed by atoms with Gasteiger partial charge < -0.3 is 14.9 Å². The van der Waals surface area contributed by atoms with E-state index >= 15 is 0 Å². The summed E-state index contributed by atoms with van der Waals surface area (Å²) in [4.78, 5) is 25.6. The molecule has 1 unspecified atom stereocenters. The van der Waals surface area contributed by atoms with Crippen molar-refractivity contribution in [2.24, 2.45) is 0 Å². The Hall–Kier alpha value is -1.10. The van der Waals surface area contributed by atoms with E-state index in [9.17, 15) is 9.59 Å². The van der Waals surface area contributed by atoms with E-state index in [1.165, 1.54) is 9.80 Å². The minimum absolute atomic E-state index is 0.0815. The fourth-order valence-corrected chi connectivity index (χ4v) is 1.43. The second-order valence-electron chi connectivity index (χ2n) is 3.23. The molecule has 1 heterocycles. The molecule has 2 amide bonds. The maximum atomic E-state index is 11.5. The van der Waals surface area contributed by atoms with Gasteiger partial charge in [0.05, 0.1) is 6.54 Å². The lowest BCUT2D eigenvalue weighted by molar-refractivity contribution is -0.153. The highest BCUT2D eigenvalue weighted by atomic mass is 16.3. The van der Waals surface area contributed by atoms with Gasteiger partial charge in [0, 0.05) is 20.7 Å². The SMILES string of the molecule is CN1CC(=O)N(C)C(CCO)C1=O. The molecule has 5 nitrogen and oxygen atoms in total. The van der Waals surface area contributed by atoms with E-state index in [1.807, 2.05) is 0 Å². The van der Waals surface area contributed by atoms with E-state index in [1.54, 1.807) is 14.1 Å². The average molecular weight is 186 g/mol. The van der Waals surface area contributed by atoms with Gasteiger partial charge in [0.2, 0.25) is 11.8 Å². The monoisotopic (exact) mass is 186 g/mol. The zero-order chi connectivity index (χ0) is 10.0. The molecule has 1 aliphatic rings. The van der Waals surface area contributed by atoms with Crippen LogP contribution in [0.3, 0.4) is 0 Å². The molecule has 74 valence electrons. The standard InChI is InChI=1S/C8H14N2O3/c1-9-5-7(12)10(2)6(3-4-11)8(9)13/h6,11H,3-5H2,1-2H3. The molecule has 13 heavy (non-hydrogen) atoms. The number of amides is 2. The quantitative estimate of drug-likeness (QED) is 0.581. The number of carbonyl (C=O) groups is 2. The molecule has 0 aliphatic carbocycles. The van der Waals surface area contributed by atoms with Gasteiger partial charge >= 0.3 is 0 Å². The summed E-state index contributed by atoms with van der Waals surface area (Å²) in [6.07, 6.45) is 0.311. The summed E-state index contributed by atoms with van der Waals surface area (Å²) in [7, 11) is 3.19. The van der Waals surface area contributed by atoms with Crippen LogP contribution in [-0.2, 0) is 9.59 Å². The van der Waals surface area contributed by atoms with Crippen molar-refractivity contribution in [2.75, 3.05) is 27.2 Å². The van der Waals surface area contributed by atoms with Crippen molar-refractivity contribution in [1.82, 2.24) is 9.80 Å². The summed E-state index contributed by atoms with van der Waals surface area (Å²) in [5.74, 6) is -0.184. The highest BCUT2D eigenvalue weighted by Crippen LogP contribution is 2.11. The lowest BCUT2D eigenvalue weighted by Gasteiger charge is -2.36. The fraction of sp³-hybridized carbons (Fsp3) is 0.750. The van der Waals surface area contributed by atoms with E-state index in [0.29, 0.717) is 6.42 Å². The minimum atomic E-state index is -0.490. The Kier molecular flexibility index (Phi) is 2.87. The molecule has 0 aromatic heterocycles. The number of likely N-dealkylation sites (N-methyl/N-ethyl adjacent to an activating group) is 2. The van der Waals surface area contributed by atoms with Crippen LogP contribution in [0.15, 0.2) is 0 Å². The molecular formula is C8H14N2O3. The van der Waals surface area contributed by atoms with Gasteiger partial charge in [0.15, 0.2) is 0 Å². The first-order valence-corrected chi connectivity index (χ1v) is 4.19.